The highest BCUT2D eigenvalue weighted by Crippen LogP contribution is 2.57. The molecule has 4 aliphatic heterocycles. The average Bonchev–Trinajstić information content (AvgIpc) is 3.94. The van der Waals surface area contributed by atoms with E-state index in [1.807, 2.05) is 36.2 Å². The van der Waals surface area contributed by atoms with E-state index in [-0.39, 0.29) is 30.3 Å². The minimum atomic E-state index is -3.71. The van der Waals surface area contributed by atoms with E-state index in [9.17, 15) is 27.9 Å². The number of urea groups is 1. The summed E-state index contributed by atoms with van der Waals surface area (Å²) in [5, 5.41) is 21.7. The molecule has 2 aromatic heterocycles. The van der Waals surface area contributed by atoms with E-state index in [0.717, 1.165) is 86.0 Å². The van der Waals surface area contributed by atoms with Gasteiger partial charge in [-0.3, -0.25) is 34.3 Å². The quantitative estimate of drug-likeness (QED) is 0.224. The van der Waals surface area contributed by atoms with Gasteiger partial charge in [0, 0.05) is 101 Å². The number of amides is 4. The summed E-state index contributed by atoms with van der Waals surface area (Å²) in [6.45, 7) is 4.87. The predicted molar refractivity (Wildman–Crippen MR) is 224 cm³/mol. The molecule has 316 valence electrons. The summed E-state index contributed by atoms with van der Waals surface area (Å²) < 4.78 is 31.2. The van der Waals surface area contributed by atoms with E-state index in [1.54, 1.807) is 21.3 Å². The Hall–Kier alpha value is -5.17. The fraction of sp³-hybridized carbons (Fsp3) is 0.524. The van der Waals surface area contributed by atoms with Crippen molar-refractivity contribution in [3.8, 4) is 0 Å². The van der Waals surface area contributed by atoms with Gasteiger partial charge >= 0.3 is 6.03 Å². The first-order valence-electron chi connectivity index (χ1n) is 21.3. The Kier molecular flexibility index (Phi) is 9.80. The van der Waals surface area contributed by atoms with Crippen molar-refractivity contribution in [2.24, 2.45) is 7.05 Å². The van der Waals surface area contributed by atoms with Crippen LogP contribution in [-0.2, 0) is 38.6 Å². The van der Waals surface area contributed by atoms with E-state index in [1.165, 1.54) is 4.90 Å². The van der Waals surface area contributed by atoms with E-state index >= 15 is 0 Å². The van der Waals surface area contributed by atoms with Crippen LogP contribution in [-0.4, -0.2) is 124 Å². The number of piperidine rings is 1. The standard InChI is InChI=1S/C42H51N11O6S/c1-48-35-24-29(8-9-33(35)37(47-48)52-17-12-36(55)45-41(52)57)50-20-18-49(19-21-50)26-27-4-2-7-32(22-27)60(58,59)51-15-10-28(11-16-51)44-40-43-25-34-38(46-40)53(39(56)42(34)13-14-42)30-5-3-6-31(54)23-30/h2,4,7-9,22,24-25,28,30-31,54H,3,5-6,10-21,23,26H2,1H3,(H,43,44,46)(H,45,55,57)/t30-,31-/m1/s1. The van der Waals surface area contributed by atoms with Crippen LogP contribution in [0, 0.1) is 0 Å². The van der Waals surface area contributed by atoms with Gasteiger partial charge < -0.3 is 15.3 Å². The van der Waals surface area contributed by atoms with Crippen LogP contribution in [0.1, 0.15) is 68.9 Å². The molecule has 0 unspecified atom stereocenters. The largest absolute Gasteiger partial charge is 0.393 e. The molecule has 0 bridgehead atoms. The second-order valence-electron chi connectivity index (χ2n) is 17.3. The van der Waals surface area contributed by atoms with Gasteiger partial charge in [0.15, 0.2) is 5.82 Å². The Morgan fingerprint density at radius 2 is 1.73 bits per heavy atom. The number of benzene rings is 2. The van der Waals surface area contributed by atoms with Gasteiger partial charge in [0.2, 0.25) is 27.8 Å². The van der Waals surface area contributed by atoms with Crippen LogP contribution in [0.25, 0.3) is 10.9 Å². The average molecular weight is 838 g/mol. The number of nitrogens with one attached hydrogen (secondary N) is 2. The summed E-state index contributed by atoms with van der Waals surface area (Å²) in [4.78, 5) is 55.7. The topological polar surface area (TPSA) is 189 Å². The molecule has 3 N–H and O–H groups in total. The van der Waals surface area contributed by atoms with Gasteiger partial charge in [-0.2, -0.15) is 14.4 Å². The fourth-order valence-corrected chi connectivity index (χ4v) is 11.5. The number of carbonyl (C=O) groups excluding carboxylic acids is 3. The number of imide groups is 1. The van der Waals surface area contributed by atoms with Gasteiger partial charge in [-0.05, 0) is 87.3 Å². The molecule has 10 rings (SSSR count). The summed E-state index contributed by atoms with van der Waals surface area (Å²) in [7, 11) is -1.85. The molecule has 2 aliphatic carbocycles. The second-order valence-corrected chi connectivity index (χ2v) is 19.2. The molecular weight excluding hydrogens is 787 g/mol. The SMILES string of the molecule is Cn1nc(N2CCC(=O)NC2=O)c2ccc(N3CCN(Cc4cccc(S(=O)(=O)N5CCC(Nc6ncc7c(n6)N([C@@H]6CCC[C@@H](O)C6)C(=O)C76CC6)CC5)c4)CC3)cc21. The van der Waals surface area contributed by atoms with Crippen molar-refractivity contribution in [2.45, 2.75) is 92.8 Å². The van der Waals surface area contributed by atoms with Crippen molar-refractivity contribution < 1.29 is 27.9 Å². The molecular formula is C42H51N11O6S. The number of hydrogen-bond acceptors (Lipinski definition) is 12. The molecule has 5 fully saturated rings. The number of fused-ring (bicyclic) bond motifs is 3. The van der Waals surface area contributed by atoms with E-state index in [0.29, 0.717) is 67.9 Å². The lowest BCUT2D eigenvalue weighted by molar-refractivity contribution is -0.121. The lowest BCUT2D eigenvalue weighted by atomic mass is 9.92. The Bertz CT molecular complexity index is 2470. The van der Waals surface area contributed by atoms with E-state index in [2.05, 4.69) is 42.6 Å². The van der Waals surface area contributed by atoms with Gasteiger partial charge in [-0.1, -0.05) is 12.1 Å². The highest BCUT2D eigenvalue weighted by atomic mass is 32.2. The maximum absolute atomic E-state index is 13.9. The van der Waals surface area contributed by atoms with Crippen molar-refractivity contribution in [2.75, 3.05) is 65.8 Å². The number of sulfonamides is 1. The second kappa shape index (κ2) is 15.1. The summed E-state index contributed by atoms with van der Waals surface area (Å²) in [5.41, 5.74) is 3.30. The van der Waals surface area contributed by atoms with Crippen molar-refractivity contribution in [1.82, 2.24) is 34.3 Å². The minimum Gasteiger partial charge on any atom is -0.393 e. The number of aryl methyl sites for hydroxylation is 1. The number of aliphatic hydroxyl groups excluding tert-OH is 1. The molecule has 6 heterocycles. The summed E-state index contributed by atoms with van der Waals surface area (Å²) >= 11 is 0. The molecule has 4 amide bonds. The maximum Gasteiger partial charge on any atom is 0.329 e. The Morgan fingerprint density at radius 1 is 0.933 bits per heavy atom. The maximum atomic E-state index is 13.9. The number of aliphatic hydroxyl groups is 1. The number of anilines is 4. The molecule has 6 aliphatic rings. The van der Waals surface area contributed by atoms with Crippen molar-refractivity contribution >= 4 is 62.0 Å². The van der Waals surface area contributed by atoms with E-state index in [4.69, 9.17) is 4.98 Å². The smallest absolute Gasteiger partial charge is 0.329 e. The third-order valence-electron chi connectivity index (χ3n) is 13.5. The van der Waals surface area contributed by atoms with Crippen molar-refractivity contribution in [1.29, 1.82) is 0 Å². The third-order valence-corrected chi connectivity index (χ3v) is 15.4. The van der Waals surface area contributed by atoms with Gasteiger partial charge in [-0.15, -0.1) is 0 Å². The summed E-state index contributed by atoms with van der Waals surface area (Å²) in [6, 6.07) is 12.9. The van der Waals surface area contributed by atoms with Crippen molar-refractivity contribution in [3.05, 3.63) is 59.8 Å². The number of hydrogen-bond donors (Lipinski definition) is 3. The molecule has 4 aromatic rings. The zero-order chi connectivity index (χ0) is 41.3. The Morgan fingerprint density at radius 3 is 2.48 bits per heavy atom. The van der Waals surface area contributed by atoms with Crippen LogP contribution in [0.3, 0.4) is 0 Å². The Balaban J connectivity index is 0.741. The number of rotatable bonds is 9. The fourth-order valence-electron chi connectivity index (χ4n) is 9.91. The van der Waals surface area contributed by atoms with Crippen LogP contribution in [0.5, 0.6) is 0 Å². The first-order chi connectivity index (χ1) is 29.0. The molecule has 60 heavy (non-hydrogen) atoms. The molecule has 18 heteroatoms. The number of nitrogens with zero attached hydrogens (tertiary/aromatic N) is 9. The normalized spacial score (nSPS) is 24.0. The molecule has 2 saturated carbocycles. The zero-order valence-corrected chi connectivity index (χ0v) is 34.6. The first-order valence-corrected chi connectivity index (χ1v) is 22.7. The van der Waals surface area contributed by atoms with Crippen LogP contribution in [0.2, 0.25) is 0 Å². The molecule has 1 spiro atoms. The van der Waals surface area contributed by atoms with Crippen LogP contribution >= 0.6 is 0 Å². The van der Waals surface area contributed by atoms with Gasteiger partial charge in [0.1, 0.15) is 5.82 Å². The highest BCUT2D eigenvalue weighted by molar-refractivity contribution is 7.89. The highest BCUT2D eigenvalue weighted by Gasteiger charge is 2.61. The van der Waals surface area contributed by atoms with Gasteiger partial charge in [0.25, 0.3) is 0 Å². The molecule has 3 saturated heterocycles. The van der Waals surface area contributed by atoms with E-state index < -0.39 is 27.6 Å². The lowest BCUT2D eigenvalue weighted by Crippen LogP contribution is -2.49. The summed E-state index contributed by atoms with van der Waals surface area (Å²) in [5.74, 6) is 1.46. The van der Waals surface area contributed by atoms with Gasteiger partial charge in [-0.25, -0.2) is 18.2 Å². The minimum absolute atomic E-state index is 0.0178. The number of carbonyl (C=O) groups is 3. The number of piperazine rings is 1. The number of aromatic nitrogens is 4. The zero-order valence-electron chi connectivity index (χ0n) is 33.8. The molecule has 2 atom stereocenters. The third kappa shape index (κ3) is 6.96. The lowest BCUT2D eigenvalue weighted by Gasteiger charge is -2.36. The van der Waals surface area contributed by atoms with Crippen LogP contribution in [0.15, 0.2) is 53.6 Å². The summed E-state index contributed by atoms with van der Waals surface area (Å²) in [6.07, 6.45) is 7.47. The Labute approximate surface area is 348 Å². The van der Waals surface area contributed by atoms with Crippen LogP contribution < -0.4 is 25.3 Å². The van der Waals surface area contributed by atoms with Gasteiger partial charge in [0.05, 0.1) is 21.9 Å². The predicted octanol–water partition coefficient (Wildman–Crippen LogP) is 3.08. The van der Waals surface area contributed by atoms with Crippen LogP contribution in [0.4, 0.5) is 28.1 Å². The molecule has 0 radical (unpaired) electrons. The van der Waals surface area contributed by atoms with Crippen molar-refractivity contribution in [3.63, 3.8) is 0 Å². The monoisotopic (exact) mass is 837 g/mol. The molecule has 17 nitrogen and oxygen atoms in total. The first kappa shape index (κ1) is 39.0. The molecule has 2 aromatic carbocycles.